The number of hydrazone groups is 1. The van der Waals surface area contributed by atoms with Crippen molar-refractivity contribution in [2.75, 3.05) is 25.5 Å². The van der Waals surface area contributed by atoms with E-state index >= 15 is 0 Å². The predicted octanol–water partition coefficient (Wildman–Crippen LogP) is 3.79. The SMILES string of the molecule is COc1ccc(/C(C)=N/Nc2nnc(SCc3ccc(Cl)cc3)n2N)cc1OC. The van der Waals surface area contributed by atoms with E-state index in [1.165, 1.54) is 16.4 Å². The van der Waals surface area contributed by atoms with Crippen LogP contribution in [0.5, 0.6) is 11.5 Å². The Morgan fingerprint density at radius 1 is 1.14 bits per heavy atom. The summed E-state index contributed by atoms with van der Waals surface area (Å²) in [5.41, 5.74) is 5.56. The monoisotopic (exact) mass is 432 g/mol. The normalized spacial score (nSPS) is 11.4. The van der Waals surface area contributed by atoms with Crippen LogP contribution in [0.2, 0.25) is 5.02 Å². The highest BCUT2D eigenvalue weighted by Gasteiger charge is 2.11. The molecule has 0 radical (unpaired) electrons. The number of thioether (sulfide) groups is 1. The van der Waals surface area contributed by atoms with E-state index in [0.29, 0.717) is 33.4 Å². The molecule has 0 fully saturated rings. The molecule has 2 aromatic carbocycles. The first kappa shape index (κ1) is 20.8. The Morgan fingerprint density at radius 2 is 1.86 bits per heavy atom. The summed E-state index contributed by atoms with van der Waals surface area (Å²) >= 11 is 7.38. The van der Waals surface area contributed by atoms with E-state index in [9.17, 15) is 0 Å². The zero-order valence-electron chi connectivity index (χ0n) is 16.2. The number of benzene rings is 2. The largest absolute Gasteiger partial charge is 0.493 e. The summed E-state index contributed by atoms with van der Waals surface area (Å²) in [4.78, 5) is 0. The molecule has 0 saturated heterocycles. The molecule has 0 bridgehead atoms. The molecule has 0 aliphatic carbocycles. The van der Waals surface area contributed by atoms with Crippen molar-refractivity contribution in [1.82, 2.24) is 14.9 Å². The summed E-state index contributed by atoms with van der Waals surface area (Å²) < 4.78 is 11.9. The summed E-state index contributed by atoms with van der Waals surface area (Å²) in [6.45, 7) is 1.86. The van der Waals surface area contributed by atoms with Crippen LogP contribution in [0.15, 0.2) is 52.7 Å². The summed E-state index contributed by atoms with van der Waals surface area (Å²) in [6, 6.07) is 13.2. The Labute approximate surface area is 178 Å². The quantitative estimate of drug-likeness (QED) is 0.242. The van der Waals surface area contributed by atoms with Crippen molar-refractivity contribution >= 4 is 35.0 Å². The fraction of sp³-hybridized carbons (Fsp3) is 0.211. The van der Waals surface area contributed by atoms with Gasteiger partial charge < -0.3 is 15.3 Å². The first-order valence-electron chi connectivity index (χ1n) is 8.62. The average Bonchev–Trinajstić information content (AvgIpc) is 3.10. The van der Waals surface area contributed by atoms with E-state index in [2.05, 4.69) is 20.7 Å². The van der Waals surface area contributed by atoms with E-state index in [4.69, 9.17) is 26.9 Å². The maximum Gasteiger partial charge on any atom is 0.264 e. The lowest BCUT2D eigenvalue weighted by molar-refractivity contribution is 0.355. The van der Waals surface area contributed by atoms with Crippen LogP contribution in [0, 0.1) is 0 Å². The van der Waals surface area contributed by atoms with Crippen molar-refractivity contribution in [3.05, 3.63) is 58.6 Å². The van der Waals surface area contributed by atoms with Gasteiger partial charge in [0.15, 0.2) is 11.5 Å². The molecule has 152 valence electrons. The summed E-state index contributed by atoms with van der Waals surface area (Å²) in [6.07, 6.45) is 0. The molecule has 0 amide bonds. The Morgan fingerprint density at radius 3 is 2.55 bits per heavy atom. The molecular formula is C19H21ClN6O2S. The number of rotatable bonds is 8. The number of methoxy groups -OCH3 is 2. The van der Waals surface area contributed by atoms with E-state index in [-0.39, 0.29) is 0 Å². The number of nitrogens with zero attached hydrogens (tertiary/aromatic N) is 4. The predicted molar refractivity (Wildman–Crippen MR) is 117 cm³/mol. The minimum absolute atomic E-state index is 0.337. The standard InChI is InChI=1S/C19H21ClN6O2S/c1-12(14-6-9-16(27-2)17(10-14)28-3)22-23-18-24-25-19(26(18)21)29-11-13-4-7-15(20)8-5-13/h4-10H,11,21H2,1-3H3,(H,23,24)/b22-12+. The van der Waals surface area contributed by atoms with Crippen molar-refractivity contribution in [2.24, 2.45) is 5.10 Å². The minimum Gasteiger partial charge on any atom is -0.493 e. The molecule has 3 aromatic rings. The second kappa shape index (κ2) is 9.53. The molecule has 1 aromatic heterocycles. The second-order valence-corrected chi connectivity index (χ2v) is 7.35. The van der Waals surface area contributed by atoms with Crippen LogP contribution in [0.3, 0.4) is 0 Å². The van der Waals surface area contributed by atoms with Gasteiger partial charge in [-0.15, -0.1) is 10.2 Å². The van der Waals surface area contributed by atoms with Crippen LogP contribution < -0.4 is 20.7 Å². The number of hydrogen-bond acceptors (Lipinski definition) is 8. The van der Waals surface area contributed by atoms with E-state index in [1.54, 1.807) is 14.2 Å². The number of halogens is 1. The molecule has 0 spiro atoms. The summed E-state index contributed by atoms with van der Waals surface area (Å²) in [7, 11) is 3.18. The first-order valence-corrected chi connectivity index (χ1v) is 9.98. The maximum atomic E-state index is 6.08. The number of nitrogens with two attached hydrogens (primary N) is 1. The lowest BCUT2D eigenvalue weighted by Crippen LogP contribution is -2.14. The van der Waals surface area contributed by atoms with Gasteiger partial charge in [0.1, 0.15) is 0 Å². The van der Waals surface area contributed by atoms with Crippen LogP contribution in [-0.4, -0.2) is 34.8 Å². The van der Waals surface area contributed by atoms with Crippen LogP contribution in [0.4, 0.5) is 5.95 Å². The van der Waals surface area contributed by atoms with Crippen molar-refractivity contribution in [3.8, 4) is 11.5 Å². The number of ether oxygens (including phenoxy) is 2. The van der Waals surface area contributed by atoms with Gasteiger partial charge in [-0.25, -0.2) is 10.1 Å². The first-order chi connectivity index (χ1) is 14.0. The van der Waals surface area contributed by atoms with Crippen molar-refractivity contribution in [2.45, 2.75) is 17.8 Å². The fourth-order valence-corrected chi connectivity index (χ4v) is 3.38. The van der Waals surface area contributed by atoms with Crippen LogP contribution >= 0.6 is 23.4 Å². The second-order valence-electron chi connectivity index (χ2n) is 5.97. The van der Waals surface area contributed by atoms with E-state index in [1.807, 2.05) is 49.4 Å². The third-order valence-corrected chi connectivity index (χ3v) is 5.34. The van der Waals surface area contributed by atoms with Crippen LogP contribution in [0.25, 0.3) is 0 Å². The molecule has 0 aliphatic rings. The van der Waals surface area contributed by atoms with Gasteiger partial charge in [0, 0.05) is 16.3 Å². The molecule has 0 saturated carbocycles. The molecule has 1 heterocycles. The van der Waals surface area contributed by atoms with E-state index in [0.717, 1.165) is 16.8 Å². The van der Waals surface area contributed by atoms with Crippen molar-refractivity contribution in [1.29, 1.82) is 0 Å². The Kier molecular flexibility index (Phi) is 6.84. The van der Waals surface area contributed by atoms with Gasteiger partial charge in [0.25, 0.3) is 5.95 Å². The summed E-state index contributed by atoms with van der Waals surface area (Å²) in [5, 5.41) is 13.8. The lowest BCUT2D eigenvalue weighted by atomic mass is 10.1. The number of nitrogen functional groups attached to an aromatic ring is 1. The Balaban J connectivity index is 1.67. The summed E-state index contributed by atoms with van der Waals surface area (Å²) in [5.74, 6) is 8.39. The number of aromatic nitrogens is 3. The topological polar surface area (TPSA) is 99.6 Å². The highest BCUT2D eigenvalue weighted by atomic mass is 35.5. The van der Waals surface area contributed by atoms with Crippen molar-refractivity contribution < 1.29 is 9.47 Å². The molecular weight excluding hydrogens is 412 g/mol. The maximum absolute atomic E-state index is 6.08. The molecule has 0 aliphatic heterocycles. The average molecular weight is 433 g/mol. The number of nitrogens with one attached hydrogen (secondary N) is 1. The number of anilines is 1. The third kappa shape index (κ3) is 5.12. The highest BCUT2D eigenvalue weighted by molar-refractivity contribution is 7.98. The van der Waals surface area contributed by atoms with E-state index < -0.39 is 0 Å². The van der Waals surface area contributed by atoms with Crippen LogP contribution in [0.1, 0.15) is 18.1 Å². The smallest absolute Gasteiger partial charge is 0.264 e. The molecule has 3 rings (SSSR count). The highest BCUT2D eigenvalue weighted by Crippen LogP contribution is 2.28. The van der Waals surface area contributed by atoms with Crippen LogP contribution in [-0.2, 0) is 5.75 Å². The molecule has 8 nitrogen and oxygen atoms in total. The third-order valence-electron chi connectivity index (χ3n) is 4.07. The van der Waals surface area contributed by atoms with Gasteiger partial charge in [0.2, 0.25) is 5.16 Å². The molecule has 29 heavy (non-hydrogen) atoms. The molecule has 0 atom stereocenters. The van der Waals surface area contributed by atoms with Gasteiger partial charge in [-0.05, 0) is 42.8 Å². The van der Waals surface area contributed by atoms with Gasteiger partial charge in [-0.2, -0.15) is 5.10 Å². The zero-order valence-corrected chi connectivity index (χ0v) is 17.8. The molecule has 0 unspecified atom stereocenters. The van der Waals surface area contributed by atoms with Gasteiger partial charge in [0.05, 0.1) is 19.9 Å². The number of hydrogen-bond donors (Lipinski definition) is 2. The Bertz CT molecular complexity index is 1010. The fourth-order valence-electron chi connectivity index (χ4n) is 2.44. The van der Waals surface area contributed by atoms with Gasteiger partial charge >= 0.3 is 0 Å². The zero-order chi connectivity index (χ0) is 20.8. The Hall–Kier alpha value is -2.91. The molecule has 3 N–H and O–H groups in total. The lowest BCUT2D eigenvalue weighted by Gasteiger charge is -2.09. The van der Waals surface area contributed by atoms with Crippen molar-refractivity contribution in [3.63, 3.8) is 0 Å². The molecule has 10 heteroatoms. The van der Waals surface area contributed by atoms with Gasteiger partial charge in [-0.1, -0.05) is 35.5 Å². The van der Waals surface area contributed by atoms with Gasteiger partial charge in [-0.3, -0.25) is 0 Å². The minimum atomic E-state index is 0.337.